The summed E-state index contributed by atoms with van der Waals surface area (Å²) in [6.45, 7) is 4.89. The molecule has 0 radical (unpaired) electrons. The Morgan fingerprint density at radius 2 is 2.20 bits per heavy atom. The zero-order valence-electron chi connectivity index (χ0n) is 14.9. The number of aromatic amines is 1. The number of amides is 1. The van der Waals surface area contributed by atoms with Crippen LogP contribution >= 0.6 is 0 Å². The number of carbonyl (C=O) groups excluding carboxylic acids is 1. The first-order valence-electron chi connectivity index (χ1n) is 9.14. The second-order valence-corrected chi connectivity index (χ2v) is 6.80. The molecule has 1 aromatic heterocycles. The fourth-order valence-corrected chi connectivity index (χ4v) is 3.34. The Kier molecular flexibility index (Phi) is 6.23. The molecule has 1 atom stereocenters. The van der Waals surface area contributed by atoms with Gasteiger partial charge in [0.05, 0.1) is 12.3 Å². The number of benzene rings is 1. The molecule has 5 heteroatoms. The molecule has 0 bridgehead atoms. The van der Waals surface area contributed by atoms with Crippen molar-refractivity contribution in [3.63, 3.8) is 0 Å². The molecule has 3 rings (SSSR count). The number of carbonyl (C=O) groups is 1. The molecule has 2 aromatic rings. The van der Waals surface area contributed by atoms with Crippen LogP contribution in [0, 0.1) is 6.92 Å². The number of hydrogen-bond donors (Lipinski definition) is 1. The van der Waals surface area contributed by atoms with E-state index in [1.54, 1.807) is 0 Å². The van der Waals surface area contributed by atoms with Crippen molar-refractivity contribution in [2.24, 2.45) is 0 Å². The zero-order chi connectivity index (χ0) is 17.5. The van der Waals surface area contributed by atoms with Crippen LogP contribution in [0.15, 0.2) is 36.4 Å². The smallest absolute Gasteiger partial charge is 0.222 e. The van der Waals surface area contributed by atoms with Gasteiger partial charge in [0.25, 0.3) is 0 Å². The van der Waals surface area contributed by atoms with E-state index in [9.17, 15) is 4.79 Å². The number of nitrogens with zero attached hydrogens (tertiary/aromatic N) is 2. The van der Waals surface area contributed by atoms with E-state index >= 15 is 0 Å². The van der Waals surface area contributed by atoms with Gasteiger partial charge in [0.15, 0.2) is 0 Å². The van der Waals surface area contributed by atoms with Gasteiger partial charge in [0.2, 0.25) is 5.91 Å². The van der Waals surface area contributed by atoms with Gasteiger partial charge in [-0.05, 0) is 37.8 Å². The second-order valence-electron chi connectivity index (χ2n) is 6.80. The number of piperidine rings is 1. The first-order chi connectivity index (χ1) is 12.2. The van der Waals surface area contributed by atoms with E-state index in [2.05, 4.69) is 28.4 Å². The quantitative estimate of drug-likeness (QED) is 0.785. The van der Waals surface area contributed by atoms with E-state index in [0.717, 1.165) is 43.7 Å². The molecule has 1 saturated heterocycles. The van der Waals surface area contributed by atoms with Crippen molar-refractivity contribution in [3.8, 4) is 0 Å². The molecule has 5 nitrogen and oxygen atoms in total. The number of rotatable bonds is 7. The van der Waals surface area contributed by atoms with Gasteiger partial charge in [0.1, 0.15) is 0 Å². The fraction of sp³-hybridized carbons (Fsp3) is 0.500. The maximum Gasteiger partial charge on any atom is 0.222 e. The number of likely N-dealkylation sites (tertiary alicyclic amines) is 1. The van der Waals surface area contributed by atoms with Gasteiger partial charge in [-0.2, -0.15) is 5.10 Å². The Bertz CT molecular complexity index is 669. The Balaban J connectivity index is 1.37. The SMILES string of the molecule is Cc1cc([C@@H]2CCCN(C(=O)CCCOCc3ccccc3)C2)n[nH]1. The second kappa shape index (κ2) is 8.81. The molecule has 0 saturated carbocycles. The molecule has 0 spiro atoms. The predicted molar refractivity (Wildman–Crippen MR) is 97.2 cm³/mol. The van der Waals surface area contributed by atoms with E-state index < -0.39 is 0 Å². The largest absolute Gasteiger partial charge is 0.377 e. The molecule has 1 aromatic carbocycles. The van der Waals surface area contributed by atoms with E-state index in [1.165, 1.54) is 5.56 Å². The van der Waals surface area contributed by atoms with Crippen LogP contribution in [0.2, 0.25) is 0 Å². The topological polar surface area (TPSA) is 58.2 Å². The normalized spacial score (nSPS) is 17.6. The van der Waals surface area contributed by atoms with Gasteiger partial charge in [-0.3, -0.25) is 9.89 Å². The van der Waals surface area contributed by atoms with Gasteiger partial charge in [-0.1, -0.05) is 30.3 Å². The molecular weight excluding hydrogens is 314 g/mol. The maximum atomic E-state index is 12.5. The van der Waals surface area contributed by atoms with Crippen molar-refractivity contribution < 1.29 is 9.53 Å². The van der Waals surface area contributed by atoms with Crippen LogP contribution in [-0.2, 0) is 16.1 Å². The first-order valence-corrected chi connectivity index (χ1v) is 9.14. The number of hydrogen-bond acceptors (Lipinski definition) is 3. The highest BCUT2D eigenvalue weighted by Crippen LogP contribution is 2.26. The summed E-state index contributed by atoms with van der Waals surface area (Å²) in [5.74, 6) is 0.595. The van der Waals surface area contributed by atoms with Crippen LogP contribution in [0.1, 0.15) is 48.6 Å². The third-order valence-electron chi connectivity index (χ3n) is 4.71. The van der Waals surface area contributed by atoms with Crippen molar-refractivity contribution in [1.82, 2.24) is 15.1 Å². The fourth-order valence-electron chi connectivity index (χ4n) is 3.34. The molecule has 1 aliphatic heterocycles. The standard InChI is InChI=1S/C20H27N3O2/c1-16-13-19(22-21-16)18-9-5-11-23(14-18)20(24)10-6-12-25-15-17-7-3-2-4-8-17/h2-4,7-8,13,18H,5-6,9-12,14-15H2,1H3,(H,21,22)/t18-/m1/s1. The highest BCUT2D eigenvalue weighted by molar-refractivity contribution is 5.76. The van der Waals surface area contributed by atoms with Gasteiger partial charge in [-0.15, -0.1) is 0 Å². The van der Waals surface area contributed by atoms with Crippen LogP contribution < -0.4 is 0 Å². The summed E-state index contributed by atoms with van der Waals surface area (Å²) in [6, 6.07) is 12.2. The van der Waals surface area contributed by atoms with Crippen LogP contribution in [0.3, 0.4) is 0 Å². The average molecular weight is 341 g/mol. The van der Waals surface area contributed by atoms with Crippen molar-refractivity contribution in [2.45, 2.75) is 45.1 Å². The summed E-state index contributed by atoms with van der Waals surface area (Å²) < 4.78 is 5.67. The molecule has 1 aliphatic rings. The Morgan fingerprint density at radius 1 is 1.36 bits per heavy atom. The Morgan fingerprint density at radius 3 is 2.96 bits per heavy atom. The molecule has 0 unspecified atom stereocenters. The molecular formula is C20H27N3O2. The number of H-pyrrole nitrogens is 1. The third kappa shape index (κ3) is 5.16. The number of nitrogens with one attached hydrogen (secondary N) is 1. The summed E-state index contributed by atoms with van der Waals surface area (Å²) in [6.07, 6.45) is 3.48. The molecule has 25 heavy (non-hydrogen) atoms. The summed E-state index contributed by atoms with van der Waals surface area (Å²) >= 11 is 0. The lowest BCUT2D eigenvalue weighted by Gasteiger charge is -2.32. The average Bonchev–Trinajstić information content (AvgIpc) is 3.09. The van der Waals surface area contributed by atoms with Crippen LogP contribution in [0.5, 0.6) is 0 Å². The van der Waals surface area contributed by atoms with Gasteiger partial charge in [-0.25, -0.2) is 0 Å². The number of aromatic nitrogens is 2. The highest BCUT2D eigenvalue weighted by atomic mass is 16.5. The molecule has 2 heterocycles. The van der Waals surface area contributed by atoms with E-state index in [1.807, 2.05) is 30.0 Å². The maximum absolute atomic E-state index is 12.5. The van der Waals surface area contributed by atoms with Crippen LogP contribution in [-0.4, -0.2) is 40.7 Å². The van der Waals surface area contributed by atoms with Gasteiger partial charge < -0.3 is 9.64 Å². The molecule has 1 amide bonds. The van der Waals surface area contributed by atoms with Crippen molar-refractivity contribution in [1.29, 1.82) is 0 Å². The molecule has 1 fully saturated rings. The zero-order valence-corrected chi connectivity index (χ0v) is 14.9. The number of aryl methyl sites for hydroxylation is 1. The first kappa shape index (κ1) is 17.7. The lowest BCUT2D eigenvalue weighted by molar-refractivity contribution is -0.132. The van der Waals surface area contributed by atoms with Crippen molar-refractivity contribution in [2.75, 3.05) is 19.7 Å². The minimum atomic E-state index is 0.236. The Hall–Kier alpha value is -2.14. The molecule has 1 N–H and O–H groups in total. The minimum Gasteiger partial charge on any atom is -0.377 e. The Labute approximate surface area is 149 Å². The van der Waals surface area contributed by atoms with Crippen molar-refractivity contribution >= 4 is 5.91 Å². The summed E-state index contributed by atoms with van der Waals surface area (Å²) in [7, 11) is 0. The van der Waals surface area contributed by atoms with Crippen LogP contribution in [0.25, 0.3) is 0 Å². The molecule has 0 aliphatic carbocycles. The minimum absolute atomic E-state index is 0.236. The summed E-state index contributed by atoms with van der Waals surface area (Å²) in [5.41, 5.74) is 3.33. The lowest BCUT2D eigenvalue weighted by Crippen LogP contribution is -2.39. The van der Waals surface area contributed by atoms with Crippen molar-refractivity contribution in [3.05, 3.63) is 53.3 Å². The lowest BCUT2D eigenvalue weighted by atomic mass is 9.94. The monoisotopic (exact) mass is 341 g/mol. The van der Waals surface area contributed by atoms with E-state index in [-0.39, 0.29) is 5.91 Å². The van der Waals surface area contributed by atoms with Crippen LogP contribution in [0.4, 0.5) is 0 Å². The molecule has 134 valence electrons. The van der Waals surface area contributed by atoms with Gasteiger partial charge >= 0.3 is 0 Å². The van der Waals surface area contributed by atoms with E-state index in [0.29, 0.717) is 25.6 Å². The number of ether oxygens (including phenoxy) is 1. The predicted octanol–water partition coefficient (Wildman–Crippen LogP) is 3.42. The summed E-state index contributed by atoms with van der Waals surface area (Å²) in [5, 5.41) is 7.37. The third-order valence-corrected chi connectivity index (χ3v) is 4.71. The van der Waals surface area contributed by atoms with Gasteiger partial charge in [0, 0.05) is 37.7 Å². The highest BCUT2D eigenvalue weighted by Gasteiger charge is 2.25. The van der Waals surface area contributed by atoms with E-state index in [4.69, 9.17) is 4.74 Å². The summed E-state index contributed by atoms with van der Waals surface area (Å²) in [4.78, 5) is 14.5.